The van der Waals surface area contributed by atoms with Crippen LogP contribution >= 0.6 is 0 Å². The van der Waals surface area contributed by atoms with Gasteiger partial charge in [0.15, 0.2) is 0 Å². The minimum absolute atomic E-state index is 0.234. The number of nitrogens with zero attached hydrogens (tertiary/aromatic N) is 1. The van der Waals surface area contributed by atoms with Gasteiger partial charge in [-0.15, -0.1) is 0 Å². The van der Waals surface area contributed by atoms with E-state index in [0.29, 0.717) is 36.6 Å². The normalized spacial score (nSPS) is 16.4. The highest BCUT2D eigenvalue weighted by molar-refractivity contribution is 7.89. The third-order valence-electron chi connectivity index (χ3n) is 5.29. The van der Waals surface area contributed by atoms with Crippen molar-refractivity contribution >= 4 is 15.9 Å². The zero-order valence-corrected chi connectivity index (χ0v) is 16.6. The van der Waals surface area contributed by atoms with Crippen LogP contribution in [0.4, 0.5) is 0 Å². The molecule has 27 heavy (non-hydrogen) atoms. The van der Waals surface area contributed by atoms with Gasteiger partial charge in [-0.1, -0.05) is 43.3 Å². The van der Waals surface area contributed by atoms with Gasteiger partial charge >= 0.3 is 0 Å². The molecule has 0 atom stereocenters. The average molecular weight is 387 g/mol. The maximum Gasteiger partial charge on any atom is 0.249 e. The summed E-state index contributed by atoms with van der Waals surface area (Å²) in [5, 5.41) is 0. The summed E-state index contributed by atoms with van der Waals surface area (Å²) in [6.07, 6.45) is 2.04. The number of piperidine rings is 1. The summed E-state index contributed by atoms with van der Waals surface area (Å²) in [6, 6.07) is 12.9. The Bertz CT molecular complexity index is 931. The van der Waals surface area contributed by atoms with Crippen molar-refractivity contribution in [2.45, 2.75) is 38.0 Å². The maximum absolute atomic E-state index is 13.5. The molecule has 1 fully saturated rings. The van der Waals surface area contributed by atoms with Crippen LogP contribution in [-0.2, 0) is 16.4 Å². The highest BCUT2D eigenvalue weighted by atomic mass is 32.2. The largest absolute Gasteiger partial charge is 0.366 e. The van der Waals surface area contributed by atoms with Crippen LogP contribution in [0.5, 0.6) is 0 Å². The van der Waals surface area contributed by atoms with Crippen LogP contribution in [-0.4, -0.2) is 31.7 Å². The molecule has 2 N–H and O–H groups in total. The molecule has 1 aliphatic rings. The molecule has 0 aromatic heterocycles. The molecule has 2 aromatic carbocycles. The number of aryl methyl sites for hydroxylation is 1. The molecule has 1 saturated heterocycles. The van der Waals surface area contributed by atoms with Crippen LogP contribution in [0.3, 0.4) is 0 Å². The fraction of sp³-hybridized carbons (Fsp3) is 0.381. The number of amides is 1. The van der Waals surface area contributed by atoms with Gasteiger partial charge in [-0.05, 0) is 54.9 Å². The quantitative estimate of drug-likeness (QED) is 0.857. The van der Waals surface area contributed by atoms with Gasteiger partial charge in [0.2, 0.25) is 15.9 Å². The van der Waals surface area contributed by atoms with Crippen molar-refractivity contribution in [1.82, 2.24) is 4.31 Å². The minimum Gasteiger partial charge on any atom is -0.366 e. The standard InChI is InChI=1S/C21H26N2O3S/c1-15-10-12-23(13-11-15)27(25,26)20-16(2)8-9-18(21(22)24)19(20)14-17-6-4-3-5-7-17/h3-9,15H,10-14H2,1-2H3,(H2,22,24). The number of benzene rings is 2. The van der Waals surface area contributed by atoms with Crippen molar-refractivity contribution in [2.24, 2.45) is 11.7 Å². The van der Waals surface area contributed by atoms with Crippen molar-refractivity contribution in [1.29, 1.82) is 0 Å². The molecule has 0 radical (unpaired) electrons. The highest BCUT2D eigenvalue weighted by Gasteiger charge is 2.32. The molecule has 0 aliphatic carbocycles. The lowest BCUT2D eigenvalue weighted by Crippen LogP contribution is -2.38. The number of nitrogens with two attached hydrogens (primary N) is 1. The van der Waals surface area contributed by atoms with Gasteiger partial charge < -0.3 is 5.73 Å². The van der Waals surface area contributed by atoms with Crippen molar-refractivity contribution in [3.05, 3.63) is 64.7 Å². The van der Waals surface area contributed by atoms with E-state index >= 15 is 0 Å². The molecule has 0 unspecified atom stereocenters. The second kappa shape index (κ2) is 7.82. The predicted molar refractivity (Wildman–Crippen MR) is 106 cm³/mol. The Labute approximate surface area is 161 Å². The Kier molecular flexibility index (Phi) is 5.67. The van der Waals surface area contributed by atoms with E-state index < -0.39 is 15.9 Å². The van der Waals surface area contributed by atoms with E-state index in [9.17, 15) is 13.2 Å². The van der Waals surface area contributed by atoms with E-state index in [1.165, 1.54) is 0 Å². The number of primary amides is 1. The zero-order valence-electron chi connectivity index (χ0n) is 15.8. The number of carbonyl (C=O) groups is 1. The first-order valence-corrected chi connectivity index (χ1v) is 10.7. The summed E-state index contributed by atoms with van der Waals surface area (Å²) in [6.45, 7) is 4.94. The smallest absolute Gasteiger partial charge is 0.249 e. The Morgan fingerprint density at radius 2 is 1.74 bits per heavy atom. The van der Waals surface area contributed by atoms with E-state index in [2.05, 4.69) is 6.92 Å². The Balaban J connectivity index is 2.13. The second-order valence-electron chi connectivity index (χ2n) is 7.35. The Morgan fingerprint density at radius 1 is 1.11 bits per heavy atom. The second-order valence-corrected chi connectivity index (χ2v) is 9.23. The molecule has 0 bridgehead atoms. The molecule has 6 heteroatoms. The van der Waals surface area contributed by atoms with E-state index in [4.69, 9.17) is 5.73 Å². The molecule has 5 nitrogen and oxygen atoms in total. The maximum atomic E-state index is 13.5. The summed E-state index contributed by atoms with van der Waals surface area (Å²) in [7, 11) is -3.70. The fourth-order valence-corrected chi connectivity index (χ4v) is 5.58. The molecular formula is C21H26N2O3S. The van der Waals surface area contributed by atoms with Crippen LogP contribution in [0.2, 0.25) is 0 Å². The first-order chi connectivity index (χ1) is 12.8. The number of rotatable bonds is 5. The molecule has 1 aliphatic heterocycles. The van der Waals surface area contributed by atoms with Crippen LogP contribution in [0, 0.1) is 12.8 Å². The van der Waals surface area contributed by atoms with Gasteiger partial charge in [-0.25, -0.2) is 8.42 Å². The zero-order chi connectivity index (χ0) is 19.6. The summed E-state index contributed by atoms with van der Waals surface area (Å²) < 4.78 is 28.5. The van der Waals surface area contributed by atoms with Gasteiger partial charge in [-0.2, -0.15) is 4.31 Å². The first-order valence-electron chi connectivity index (χ1n) is 9.27. The fourth-order valence-electron chi connectivity index (χ4n) is 3.66. The molecule has 1 heterocycles. The highest BCUT2D eigenvalue weighted by Crippen LogP contribution is 2.31. The van der Waals surface area contributed by atoms with Crippen molar-refractivity contribution < 1.29 is 13.2 Å². The molecule has 0 spiro atoms. The van der Waals surface area contributed by atoms with Gasteiger partial charge in [0.05, 0.1) is 4.90 Å². The van der Waals surface area contributed by atoms with E-state index in [-0.39, 0.29) is 10.5 Å². The third-order valence-corrected chi connectivity index (χ3v) is 7.42. The summed E-state index contributed by atoms with van der Waals surface area (Å²) >= 11 is 0. The topological polar surface area (TPSA) is 80.5 Å². The van der Waals surface area contributed by atoms with Gasteiger partial charge in [0, 0.05) is 18.7 Å². The van der Waals surface area contributed by atoms with Gasteiger partial charge in [0.25, 0.3) is 0 Å². The minimum atomic E-state index is -3.70. The van der Waals surface area contributed by atoms with E-state index in [1.54, 1.807) is 23.4 Å². The number of hydrogen-bond donors (Lipinski definition) is 1. The summed E-state index contributed by atoms with van der Waals surface area (Å²) in [5.41, 5.74) is 7.93. The SMILES string of the molecule is Cc1ccc(C(N)=O)c(Cc2ccccc2)c1S(=O)(=O)N1CCC(C)CC1. The lowest BCUT2D eigenvalue weighted by atomic mass is 9.97. The lowest BCUT2D eigenvalue weighted by Gasteiger charge is -2.31. The Hall–Kier alpha value is -2.18. The van der Waals surface area contributed by atoms with Gasteiger partial charge in [-0.3, -0.25) is 4.79 Å². The predicted octanol–water partition coefficient (Wildman–Crippen LogP) is 3.11. The van der Waals surface area contributed by atoms with E-state index in [1.807, 2.05) is 30.3 Å². The monoisotopic (exact) mass is 386 g/mol. The van der Waals surface area contributed by atoms with Crippen molar-refractivity contribution in [3.63, 3.8) is 0 Å². The average Bonchev–Trinajstić information content (AvgIpc) is 2.62. The Morgan fingerprint density at radius 3 is 2.33 bits per heavy atom. The van der Waals surface area contributed by atoms with Crippen molar-refractivity contribution in [2.75, 3.05) is 13.1 Å². The number of sulfonamides is 1. The first kappa shape index (κ1) is 19.6. The van der Waals surface area contributed by atoms with Crippen LogP contribution in [0.25, 0.3) is 0 Å². The molecular weight excluding hydrogens is 360 g/mol. The lowest BCUT2D eigenvalue weighted by molar-refractivity contribution is 0.0999. The van der Waals surface area contributed by atoms with Crippen LogP contribution < -0.4 is 5.73 Å². The van der Waals surface area contributed by atoms with Crippen molar-refractivity contribution in [3.8, 4) is 0 Å². The summed E-state index contributed by atoms with van der Waals surface area (Å²) in [4.78, 5) is 12.3. The summed E-state index contributed by atoms with van der Waals surface area (Å²) in [5.74, 6) is -0.0806. The molecule has 0 saturated carbocycles. The molecule has 1 amide bonds. The molecule has 2 aromatic rings. The molecule has 3 rings (SSSR count). The molecule has 144 valence electrons. The third kappa shape index (κ3) is 4.06. The number of carbonyl (C=O) groups excluding carboxylic acids is 1. The van der Waals surface area contributed by atoms with E-state index in [0.717, 1.165) is 18.4 Å². The number of hydrogen-bond acceptors (Lipinski definition) is 3. The van der Waals surface area contributed by atoms with Gasteiger partial charge in [0.1, 0.15) is 0 Å². The van der Waals surface area contributed by atoms with Crippen LogP contribution in [0.1, 0.15) is 46.8 Å². The van der Waals surface area contributed by atoms with Crippen LogP contribution in [0.15, 0.2) is 47.4 Å².